The van der Waals surface area contributed by atoms with Crippen molar-refractivity contribution in [1.29, 1.82) is 0 Å². The van der Waals surface area contributed by atoms with E-state index < -0.39 is 12.1 Å². The number of benzene rings is 5. The molecule has 0 spiro atoms. The number of carbonyl (C=O) groups is 2. The molecule has 4 aromatic carbocycles. The first kappa shape index (κ1) is 43.4. The Morgan fingerprint density at radius 1 is 0.790 bits per heavy atom. The second kappa shape index (κ2) is 19.4. The molecule has 0 bridgehead atoms. The van der Waals surface area contributed by atoms with Gasteiger partial charge in [0.05, 0.1) is 17.5 Å². The summed E-state index contributed by atoms with van der Waals surface area (Å²) in [5.41, 5.74) is 3.25. The molecule has 1 atom stereocenters. The van der Waals surface area contributed by atoms with Crippen molar-refractivity contribution in [3.8, 4) is 51.2 Å². The van der Waals surface area contributed by atoms with Gasteiger partial charge in [-0.1, -0.05) is 56.7 Å². The zero-order valence-corrected chi connectivity index (χ0v) is 35.1. The number of nitrogens with one attached hydrogen (secondary N) is 2. The molecule has 1 unspecified atom stereocenters. The van der Waals surface area contributed by atoms with Gasteiger partial charge in [-0.25, -0.2) is 4.79 Å². The Balaban J connectivity index is 0.805. The van der Waals surface area contributed by atoms with Crippen LogP contribution in [0.5, 0.6) is 28.7 Å². The predicted molar refractivity (Wildman–Crippen MR) is 241 cm³/mol. The third-order valence-electron chi connectivity index (χ3n) is 11.2. The van der Waals surface area contributed by atoms with Gasteiger partial charge in [0.15, 0.2) is 16.3 Å². The average Bonchev–Trinajstić information content (AvgIpc) is 3.23. The summed E-state index contributed by atoms with van der Waals surface area (Å²) in [6.07, 6.45) is 7.83. The van der Waals surface area contributed by atoms with Crippen LogP contribution in [0.15, 0.2) is 94.1 Å². The van der Waals surface area contributed by atoms with Gasteiger partial charge in [0.2, 0.25) is 0 Å². The molecule has 2 heterocycles. The molecule has 14 heteroatoms. The normalized spacial score (nSPS) is 13.6. The van der Waals surface area contributed by atoms with Gasteiger partial charge in [-0.05, 0) is 98.3 Å². The van der Waals surface area contributed by atoms with Crippen LogP contribution in [0.1, 0.15) is 95.7 Å². The number of hydrogen-bond acceptors (Lipinski definition) is 11. The van der Waals surface area contributed by atoms with Crippen molar-refractivity contribution in [2.24, 2.45) is 0 Å². The molecule has 2 aliphatic heterocycles. The maximum atomic E-state index is 13.1. The monoisotopic (exact) mass is 859 g/mol. The molecule has 4 aromatic rings. The molecule has 0 saturated heterocycles. The average molecular weight is 860 g/mol. The molecule has 7 rings (SSSR count). The first-order valence-electron chi connectivity index (χ1n) is 20.7. The van der Waals surface area contributed by atoms with Crippen molar-refractivity contribution in [2.75, 3.05) is 25.5 Å². The van der Waals surface area contributed by atoms with E-state index in [1.807, 2.05) is 11.9 Å². The van der Waals surface area contributed by atoms with E-state index in [1.165, 1.54) is 48.5 Å². The van der Waals surface area contributed by atoms with Gasteiger partial charge in [-0.3, -0.25) is 9.59 Å². The number of aromatic hydroxyl groups is 4. The lowest BCUT2D eigenvalue weighted by Crippen LogP contribution is -2.29. The Bertz CT molecular complexity index is 2640. The highest BCUT2D eigenvalue weighted by Gasteiger charge is 2.33. The largest absolute Gasteiger partial charge is 0.508 e. The predicted octanol–water partition coefficient (Wildman–Crippen LogP) is 9.33. The molecule has 322 valence electrons. The van der Waals surface area contributed by atoms with E-state index in [2.05, 4.69) is 10.6 Å². The van der Waals surface area contributed by atoms with E-state index in [0.29, 0.717) is 56.1 Å². The second-order valence-electron chi connectivity index (χ2n) is 15.7. The third-order valence-corrected chi connectivity index (χ3v) is 11.4. The first-order chi connectivity index (χ1) is 29.9. The number of nitrogens with zero attached hydrogens (tertiary/aromatic N) is 1. The highest BCUT2D eigenvalue weighted by Crippen LogP contribution is 2.45. The summed E-state index contributed by atoms with van der Waals surface area (Å²) in [6.45, 7) is 1.71. The maximum absolute atomic E-state index is 13.1. The van der Waals surface area contributed by atoms with Crippen LogP contribution in [0.3, 0.4) is 0 Å². The van der Waals surface area contributed by atoms with E-state index >= 15 is 0 Å². The highest BCUT2D eigenvalue weighted by atomic mass is 32.1. The number of fused-ring (bicyclic) bond motifs is 3. The van der Waals surface area contributed by atoms with E-state index in [-0.39, 0.29) is 69.8 Å². The minimum Gasteiger partial charge on any atom is -0.508 e. The van der Waals surface area contributed by atoms with Gasteiger partial charge in [0.25, 0.3) is 0 Å². The van der Waals surface area contributed by atoms with Crippen LogP contribution in [-0.4, -0.2) is 67.4 Å². The van der Waals surface area contributed by atoms with E-state index in [4.69, 9.17) is 21.4 Å². The van der Waals surface area contributed by atoms with Crippen molar-refractivity contribution < 1.29 is 44.3 Å². The Kier molecular flexibility index (Phi) is 13.6. The number of hydrogen-bond donors (Lipinski definition) is 7. The number of carboxylic acid groups (broad SMARTS) is 1. The van der Waals surface area contributed by atoms with Crippen molar-refractivity contribution >= 4 is 45.7 Å². The van der Waals surface area contributed by atoms with Crippen molar-refractivity contribution in [3.63, 3.8) is 0 Å². The fourth-order valence-electron chi connectivity index (χ4n) is 7.99. The second-order valence-corrected chi connectivity index (χ2v) is 16.2. The van der Waals surface area contributed by atoms with Gasteiger partial charge >= 0.3 is 5.97 Å². The van der Waals surface area contributed by atoms with Crippen LogP contribution in [0.25, 0.3) is 33.4 Å². The summed E-state index contributed by atoms with van der Waals surface area (Å²) in [4.78, 5) is 39.8. The van der Waals surface area contributed by atoms with Crippen LogP contribution >= 0.6 is 12.2 Å². The summed E-state index contributed by atoms with van der Waals surface area (Å²) in [6, 6.07) is 21.7. The SMILES string of the molecule is CN(CCCCCCCCCCNC(=S)Nc1ccc(-c2c3ccc(=O)cc-3oc3cc(O)ccc23)c(C(=O)O)c1)Cc1c(O)cc2c(c1O)C(=O)CC(c1ccc(O)cc1)O2. The van der Waals surface area contributed by atoms with Crippen LogP contribution in [0.2, 0.25) is 0 Å². The molecule has 13 nitrogen and oxygen atoms in total. The number of ketones is 1. The van der Waals surface area contributed by atoms with Gasteiger partial charge in [-0.15, -0.1) is 0 Å². The number of Topliss-reactive ketones (excluding diaryl/α,β-unsaturated/α-hetero) is 1. The van der Waals surface area contributed by atoms with Crippen molar-refractivity contribution in [3.05, 3.63) is 117 Å². The molecule has 7 N–H and O–H groups in total. The molecule has 62 heavy (non-hydrogen) atoms. The highest BCUT2D eigenvalue weighted by molar-refractivity contribution is 7.80. The van der Waals surface area contributed by atoms with Crippen molar-refractivity contribution in [2.45, 2.75) is 70.4 Å². The maximum Gasteiger partial charge on any atom is 0.336 e. The summed E-state index contributed by atoms with van der Waals surface area (Å²) < 4.78 is 11.9. The lowest BCUT2D eigenvalue weighted by Gasteiger charge is -2.28. The van der Waals surface area contributed by atoms with E-state index in [9.17, 15) is 39.9 Å². The smallest absolute Gasteiger partial charge is 0.336 e. The Hall–Kier alpha value is -6.64. The van der Waals surface area contributed by atoms with E-state index in [1.54, 1.807) is 36.4 Å². The first-order valence-corrected chi connectivity index (χ1v) is 21.1. The molecule has 0 radical (unpaired) electrons. The van der Waals surface area contributed by atoms with Gasteiger partial charge in [0, 0.05) is 53.5 Å². The summed E-state index contributed by atoms with van der Waals surface area (Å²) in [5, 5.41) is 59.0. The minimum absolute atomic E-state index is 0.0242. The number of thiocarbonyl (C=S) groups is 1. The molecular formula is C48H49N3O10S. The fraction of sp³-hybridized carbons (Fsp3) is 0.292. The number of carboxylic acids is 1. The van der Waals surface area contributed by atoms with Crippen LogP contribution in [-0.2, 0) is 6.54 Å². The molecular weight excluding hydrogens is 811 g/mol. The minimum atomic E-state index is -1.14. The molecule has 3 aliphatic rings. The lowest BCUT2D eigenvalue weighted by atomic mass is 9.90. The van der Waals surface area contributed by atoms with Crippen molar-refractivity contribution in [1.82, 2.24) is 10.2 Å². The zero-order chi connectivity index (χ0) is 43.9. The van der Waals surface area contributed by atoms with Gasteiger partial charge < -0.3 is 50.2 Å². The zero-order valence-electron chi connectivity index (χ0n) is 34.3. The number of anilines is 1. The number of aromatic carboxylic acids is 1. The summed E-state index contributed by atoms with van der Waals surface area (Å²) in [7, 11) is 1.92. The van der Waals surface area contributed by atoms with Gasteiger partial charge in [0.1, 0.15) is 51.8 Å². The topological polar surface area (TPSA) is 202 Å². The molecule has 0 aromatic heterocycles. The number of ether oxygens (including phenoxy) is 1. The Morgan fingerprint density at radius 2 is 1.48 bits per heavy atom. The molecule has 0 fully saturated rings. The van der Waals surface area contributed by atoms with Crippen LogP contribution in [0.4, 0.5) is 5.69 Å². The Morgan fingerprint density at radius 3 is 2.23 bits per heavy atom. The number of carbonyl (C=O) groups excluding carboxylic acids is 1. The standard InChI is InChI=1S/C48H49N3O10S/c1-51(27-37-38(55)25-43-45(46(37)57)39(56)26-40(60-43)28-10-13-30(52)14-11-28)21-9-7-5-3-2-4-6-8-20-49-48(62)50-29-12-17-33(36(22-29)47(58)59)44-34-18-15-31(53)23-41(34)61-42-24-32(54)16-19-35(42)44/h10-19,22-25,40,52-53,55,57H,2-9,20-21,26-27H2,1H3,(H,58,59)(H2,49,50,62). The molecule has 1 aliphatic carbocycles. The summed E-state index contributed by atoms with van der Waals surface area (Å²) >= 11 is 5.51. The number of phenols is 4. The van der Waals surface area contributed by atoms with Crippen LogP contribution in [0, 0.1) is 0 Å². The number of rotatable bonds is 17. The quantitative estimate of drug-likeness (QED) is 0.0260. The fourth-order valence-corrected chi connectivity index (χ4v) is 8.21. The van der Waals surface area contributed by atoms with Crippen LogP contribution < -0.4 is 20.8 Å². The molecule has 0 saturated carbocycles. The number of unbranched alkanes of at least 4 members (excludes halogenated alkanes) is 7. The number of phenolic OH excluding ortho intramolecular Hbond substituents is 4. The Labute approximate surface area is 363 Å². The molecule has 0 amide bonds. The van der Waals surface area contributed by atoms with Gasteiger partial charge in [-0.2, -0.15) is 0 Å². The lowest BCUT2D eigenvalue weighted by molar-refractivity contribution is 0.0697. The summed E-state index contributed by atoms with van der Waals surface area (Å²) in [5.74, 6) is -1.28. The van der Waals surface area contributed by atoms with E-state index in [0.717, 1.165) is 57.9 Å². The third kappa shape index (κ3) is 10.1.